The van der Waals surface area contributed by atoms with Crippen LogP contribution >= 0.6 is 0 Å². The van der Waals surface area contributed by atoms with Crippen molar-refractivity contribution < 1.29 is 334 Å². The van der Waals surface area contributed by atoms with E-state index in [4.69, 9.17) is 130 Å². The van der Waals surface area contributed by atoms with E-state index in [2.05, 4.69) is 16.2 Å². The SMILES string of the molecule is CO[C@H]1OC(C(=O)O)[C@@H](O)C(O)C1O.CO[C@H]1OC(C(=O)O)[C@@H](O[C@H]2OC(CO[C@@H]3CC(O)[C@@H](O)C(CO)O3)[C@@H](O)C(O)C2[NH3+])C(O)C1O.CO[C@H]1OC(C(=O)O)[C@@H](O[C@H]2OC(CO[C@H]3OC(CO)[C@H](O)C(O)C3O)[C@@H](O)C(O)C2[NH3+])C(O)C1O.CO[C@H]1OC(C(=O)O)[C@@H](O[C@H]2OC(CO[C@H]3OC(CO)[C@H](O[C@H]4OC(CO)[C@@H](O)C(O)C4O)C(O)C3O)[C@@H](O)C(O)C2O)C(O)C1O.OCC1O[C@H](O)CC(O)[C@@H]1O. The second kappa shape index (κ2) is 55.7. The van der Waals surface area contributed by atoms with E-state index in [1.54, 1.807) is 0 Å². The fraction of sp³-hybridized carbons (Fsp3) is 0.947. The van der Waals surface area contributed by atoms with Gasteiger partial charge >= 0.3 is 23.9 Å². The number of aliphatic hydroxyl groups excluding tert-OH is 34. The van der Waals surface area contributed by atoms with E-state index in [0.29, 0.717) is 0 Å². The van der Waals surface area contributed by atoms with Crippen molar-refractivity contribution in [2.24, 2.45) is 0 Å². The average Bonchev–Trinajstić information content (AvgIpc) is 0.790. The third kappa shape index (κ3) is 29.5. The Hall–Kier alpha value is -4.48. The molecule has 12 rings (SSSR count). The van der Waals surface area contributed by atoms with Gasteiger partial charge in [0.05, 0.1) is 65.1 Å². The molecule has 58 atom stereocenters. The molecule has 34 unspecified atom stereocenters. The Bertz CT molecular complexity index is 3760. The summed E-state index contributed by atoms with van der Waals surface area (Å²) in [5, 5.41) is 375. The molecule has 12 heterocycles. The fourth-order valence-electron chi connectivity index (χ4n) is 16.3. The predicted molar refractivity (Wildman–Crippen MR) is 428 cm³/mol. The van der Waals surface area contributed by atoms with Gasteiger partial charge in [0.25, 0.3) is 0 Å². The lowest BCUT2D eigenvalue weighted by atomic mass is 9.96. The summed E-state index contributed by atoms with van der Waals surface area (Å²) in [6, 6.07) is -2.36. The fourth-order valence-corrected chi connectivity index (χ4v) is 16.3. The van der Waals surface area contributed by atoms with Crippen molar-refractivity contribution >= 4 is 23.9 Å². The van der Waals surface area contributed by atoms with Crippen molar-refractivity contribution in [3.63, 3.8) is 0 Å². The largest absolute Gasteiger partial charge is 0.479 e. The normalized spacial score (nSPS) is 49.2. The third-order valence-electron chi connectivity index (χ3n) is 24.9. The molecule has 0 aromatic rings. The molecular formula is C76H134N2O65+2. The van der Waals surface area contributed by atoms with E-state index in [-0.39, 0.29) is 12.8 Å². The first kappa shape index (κ1) is 124. The Morgan fingerprint density at radius 2 is 0.476 bits per heavy atom. The van der Waals surface area contributed by atoms with E-state index in [0.717, 1.165) is 21.3 Å². The second-order valence-electron chi connectivity index (χ2n) is 34.5. The van der Waals surface area contributed by atoms with Gasteiger partial charge in [-0.1, -0.05) is 0 Å². The first-order valence-corrected chi connectivity index (χ1v) is 44.0. The van der Waals surface area contributed by atoms with Crippen molar-refractivity contribution in [1.29, 1.82) is 0 Å². The molecule has 67 nitrogen and oxygen atoms in total. The summed E-state index contributed by atoms with van der Waals surface area (Å²) in [7, 11) is 4.56. The van der Waals surface area contributed by atoms with Crippen LogP contribution in [0.1, 0.15) is 12.8 Å². The number of hydrogen-bond acceptors (Lipinski definition) is 61. The topological polar surface area (TPSA) is 1100 Å². The smallest absolute Gasteiger partial charge is 0.335 e. The van der Waals surface area contributed by atoms with Gasteiger partial charge in [-0.25, -0.2) is 19.2 Å². The zero-order valence-electron chi connectivity index (χ0n) is 76.0. The van der Waals surface area contributed by atoms with E-state index in [9.17, 15) is 188 Å². The molecule has 0 radical (unpaired) electrons. The highest BCUT2D eigenvalue weighted by atomic mass is 16.8. The lowest BCUT2D eigenvalue weighted by Crippen LogP contribution is -2.79. The minimum absolute atomic E-state index is 0.0162. The lowest BCUT2D eigenvalue weighted by Gasteiger charge is -2.47. The van der Waals surface area contributed by atoms with Crippen LogP contribution in [0.2, 0.25) is 0 Å². The highest BCUT2D eigenvalue weighted by molar-refractivity contribution is 5.75. The van der Waals surface area contributed by atoms with Crippen LogP contribution in [-0.2, 0) is 128 Å². The number of ether oxygens (including phenoxy) is 23. The van der Waals surface area contributed by atoms with E-state index in [1.165, 1.54) is 7.11 Å². The van der Waals surface area contributed by atoms with Gasteiger partial charge in [-0.2, -0.15) is 0 Å². The number of carbonyl (C=O) groups is 4. The van der Waals surface area contributed by atoms with Gasteiger partial charge in [0.1, 0.15) is 232 Å². The molecule has 0 aromatic heterocycles. The first-order valence-electron chi connectivity index (χ1n) is 44.0. The number of aliphatic hydroxyl groups is 34. The van der Waals surface area contributed by atoms with E-state index < -0.39 is 433 Å². The monoisotopic (exact) mass is 2110 g/mol. The number of methoxy groups -OCH3 is 4. The van der Waals surface area contributed by atoms with Gasteiger partial charge < -0.3 is 314 Å². The Kier molecular flexibility index (Phi) is 48.2. The summed E-state index contributed by atoms with van der Waals surface area (Å²) < 4.78 is 120. The van der Waals surface area contributed by atoms with Crippen LogP contribution < -0.4 is 11.5 Å². The van der Waals surface area contributed by atoms with Crippen LogP contribution in [0.3, 0.4) is 0 Å². The van der Waals surface area contributed by atoms with Crippen molar-refractivity contribution in [1.82, 2.24) is 0 Å². The van der Waals surface area contributed by atoms with Gasteiger partial charge in [-0.05, 0) is 0 Å². The van der Waals surface area contributed by atoms with Gasteiger partial charge in [-0.15, -0.1) is 0 Å². The summed E-state index contributed by atoms with van der Waals surface area (Å²) in [6.45, 7) is -5.09. The number of hydrogen-bond donors (Lipinski definition) is 40. The van der Waals surface area contributed by atoms with Gasteiger partial charge in [0.2, 0.25) is 12.6 Å². The molecular weight excluding hydrogens is 1980 g/mol. The van der Waals surface area contributed by atoms with Crippen LogP contribution in [-0.4, -0.2) is 655 Å². The highest BCUT2D eigenvalue weighted by Gasteiger charge is 2.61. The second-order valence-corrected chi connectivity index (χ2v) is 34.5. The van der Waals surface area contributed by atoms with Crippen LogP contribution in [0.15, 0.2) is 0 Å². The Morgan fingerprint density at radius 1 is 0.231 bits per heavy atom. The van der Waals surface area contributed by atoms with E-state index in [1.807, 2.05) is 0 Å². The average molecular weight is 2120 g/mol. The summed E-state index contributed by atoms with van der Waals surface area (Å²) in [6.07, 6.45) is -89.1. The molecule has 0 saturated carbocycles. The molecule has 0 bridgehead atoms. The van der Waals surface area contributed by atoms with Crippen LogP contribution in [0.5, 0.6) is 0 Å². The van der Waals surface area contributed by atoms with Gasteiger partial charge in [0, 0.05) is 41.3 Å². The quantitative estimate of drug-likeness (QED) is 0.0318. The molecule has 12 aliphatic heterocycles. The zero-order valence-corrected chi connectivity index (χ0v) is 76.0. The molecule has 0 spiro atoms. The molecule has 12 aliphatic rings. The molecule has 12 saturated heterocycles. The molecule has 0 aromatic carbocycles. The Labute approximate surface area is 805 Å². The van der Waals surface area contributed by atoms with Gasteiger partial charge in [0.15, 0.2) is 99.4 Å². The van der Waals surface area contributed by atoms with Crippen LogP contribution in [0.4, 0.5) is 0 Å². The standard InChI is InChI=1S/C25H42O22.C19H33NO16.C19H33NO15.C7H12O7.C6H12O5/c1-40-22-16(36)13(33)19(20(47-22)21(38)39)46-25-15(35)11(31)9(29)7(44-25)4-41-23-17(37)12(32)18(6(3-27)43-23)45-24-14(34)10(30)8(28)5(2-26)42-24;1-31-18-13(28)11(26)14(15(36-18)16(29)30)35-17-6(20)9(24)8(23)5(34-17)3-32-19-12(27)10(25)7(22)4(2-21)33-19;1-30-19-14(27)13(26)15(16(35-19)17(28)29)34-18-9(20)12(25)11(24)7(33-18)4-31-8-2-5(22)10(23)6(3-21)32-8;1-13-7-4(10)2(8)3(9)5(14-7)6(11)12;7-2-4-6(10)3(8)1-5(9)11-4/h5-20,22-37H,2-4H2,1H3,(H,38,39);4-15,17-19,21-28H,2-3,20H2,1H3,(H,29,30);5-16,18-19,21-27H,2-4,20H2,1H3,(H,28,29);2-5,7-10H,1H3,(H,11,12);3-10H,1-2H2/p+2/t5?,6?,7?,8-,9-,10?,11?,12?,13?,14?,15?,16?,17?,18+,19+,20?,22+,23+,24-,25-;4?,5?,6?,7-,8+,9?,10?,11?,12?,13?,14-,15?,17+,18-,19-;5?,6?,7?,8-,9?,10+,11+,12?,13?,14?,15-,16?,18+,19-;2?,3-,4?,5?,7-;3?,4?,5-,6-/m10000/s1. The minimum Gasteiger partial charge on any atom is -0.479 e. The van der Waals surface area contributed by atoms with Crippen LogP contribution in [0.25, 0.3) is 0 Å². The predicted octanol–water partition coefficient (Wildman–Crippen LogP) is -27.8. The number of quaternary nitrogens is 2. The molecule has 67 heteroatoms. The summed E-state index contributed by atoms with van der Waals surface area (Å²) >= 11 is 0. The number of rotatable bonds is 30. The highest BCUT2D eigenvalue weighted by Crippen LogP contribution is 2.38. The third-order valence-corrected chi connectivity index (χ3v) is 24.9. The van der Waals surface area contributed by atoms with Crippen molar-refractivity contribution in [3.8, 4) is 0 Å². The van der Waals surface area contributed by atoms with Crippen LogP contribution in [0, 0.1) is 0 Å². The first-order chi connectivity index (χ1) is 67.2. The Morgan fingerprint density at radius 3 is 0.832 bits per heavy atom. The molecule has 143 heavy (non-hydrogen) atoms. The van der Waals surface area contributed by atoms with Crippen molar-refractivity contribution in [2.75, 3.05) is 81.3 Å². The zero-order chi connectivity index (χ0) is 107. The van der Waals surface area contributed by atoms with Gasteiger partial charge in [-0.3, -0.25) is 0 Å². The maximum atomic E-state index is 11.8. The maximum Gasteiger partial charge on any atom is 0.335 e. The summed E-state index contributed by atoms with van der Waals surface area (Å²) in [5.74, 6) is -6.14. The molecule has 12 fully saturated rings. The molecule has 44 N–H and O–H groups in total. The molecule has 0 aliphatic carbocycles. The molecule has 836 valence electrons. The summed E-state index contributed by atoms with van der Waals surface area (Å²) in [4.78, 5) is 45.7. The minimum atomic E-state index is -2.03. The number of aliphatic carboxylic acids is 4. The summed E-state index contributed by atoms with van der Waals surface area (Å²) in [5.41, 5.74) is 7.32. The lowest BCUT2D eigenvalue weighted by molar-refractivity contribution is -0.507. The number of carboxylic acids is 4. The Balaban J connectivity index is 0.000000235. The molecule has 0 amide bonds. The van der Waals surface area contributed by atoms with Crippen molar-refractivity contribution in [2.45, 2.75) is 369 Å². The van der Waals surface area contributed by atoms with Crippen molar-refractivity contribution in [3.05, 3.63) is 0 Å². The number of carboxylic acid groups (broad SMARTS) is 4. The van der Waals surface area contributed by atoms with E-state index >= 15 is 0 Å². The maximum absolute atomic E-state index is 11.8.